The number of hydrogen-bond acceptors (Lipinski definition) is 5. The summed E-state index contributed by atoms with van der Waals surface area (Å²) < 4.78 is 8.44. The number of aryl methyl sites for hydroxylation is 3. The van der Waals surface area contributed by atoms with Crippen LogP contribution >= 0.6 is 11.6 Å². The van der Waals surface area contributed by atoms with Crippen molar-refractivity contribution in [2.24, 2.45) is 7.05 Å². The summed E-state index contributed by atoms with van der Waals surface area (Å²) >= 11 is 6.11. The Morgan fingerprint density at radius 1 is 1.23 bits per heavy atom. The third kappa shape index (κ3) is 3.07. The molecule has 0 fully saturated rings. The quantitative estimate of drug-likeness (QED) is 0.659. The molecule has 0 aliphatic carbocycles. The van der Waals surface area contributed by atoms with E-state index in [1.54, 1.807) is 25.6 Å². The number of para-hydroxylation sites is 1. The average molecular weight is 370 g/mol. The zero-order chi connectivity index (χ0) is 18.8. The van der Waals surface area contributed by atoms with Gasteiger partial charge in [-0.25, -0.2) is 9.48 Å². The fourth-order valence-electron chi connectivity index (χ4n) is 2.70. The average Bonchev–Trinajstić information content (AvgIpc) is 3.08. The maximum absolute atomic E-state index is 12.5. The first-order valence-electron chi connectivity index (χ1n) is 7.84. The molecular formula is C18H16ClN5O2. The minimum absolute atomic E-state index is 0.109. The van der Waals surface area contributed by atoms with Gasteiger partial charge in [0.2, 0.25) is 0 Å². The predicted molar refractivity (Wildman–Crippen MR) is 95.1 cm³/mol. The van der Waals surface area contributed by atoms with Crippen LogP contribution in [-0.4, -0.2) is 25.5 Å². The lowest BCUT2D eigenvalue weighted by atomic mass is 10.2. The molecule has 0 amide bonds. The van der Waals surface area contributed by atoms with Gasteiger partial charge in [-0.05, 0) is 26.0 Å². The van der Waals surface area contributed by atoms with Gasteiger partial charge in [-0.15, -0.1) is 0 Å². The number of carbonyl (C=O) groups excluding carboxylic acids is 1. The van der Waals surface area contributed by atoms with Crippen molar-refractivity contribution in [2.75, 3.05) is 0 Å². The number of carbonyl (C=O) groups is 1. The van der Waals surface area contributed by atoms with Gasteiger partial charge < -0.3 is 4.74 Å². The van der Waals surface area contributed by atoms with E-state index >= 15 is 0 Å². The second-order valence-corrected chi connectivity index (χ2v) is 6.08. The van der Waals surface area contributed by atoms with Crippen LogP contribution in [0.2, 0.25) is 5.15 Å². The highest BCUT2D eigenvalue weighted by atomic mass is 35.5. The first-order chi connectivity index (χ1) is 12.4. The molecule has 2 aromatic heterocycles. The Kier molecular flexibility index (Phi) is 4.78. The third-order valence-electron chi connectivity index (χ3n) is 3.96. The lowest BCUT2D eigenvalue weighted by molar-refractivity contribution is 0.0464. The molecule has 26 heavy (non-hydrogen) atoms. The minimum atomic E-state index is -0.594. The van der Waals surface area contributed by atoms with E-state index in [1.165, 1.54) is 4.68 Å². The molecule has 0 spiro atoms. The summed E-state index contributed by atoms with van der Waals surface area (Å²) in [4.78, 5) is 12.5. The number of nitrogens with zero attached hydrogens (tertiary/aromatic N) is 5. The van der Waals surface area contributed by atoms with E-state index in [0.29, 0.717) is 22.6 Å². The highest BCUT2D eigenvalue weighted by Gasteiger charge is 2.23. The van der Waals surface area contributed by atoms with Crippen LogP contribution in [0, 0.1) is 25.2 Å². The van der Waals surface area contributed by atoms with E-state index in [1.807, 2.05) is 30.3 Å². The zero-order valence-corrected chi connectivity index (χ0v) is 15.3. The van der Waals surface area contributed by atoms with Crippen LogP contribution < -0.4 is 0 Å². The van der Waals surface area contributed by atoms with Crippen LogP contribution in [0.3, 0.4) is 0 Å². The maximum atomic E-state index is 12.5. The van der Waals surface area contributed by atoms with Crippen molar-refractivity contribution in [3.8, 4) is 11.8 Å². The highest BCUT2D eigenvalue weighted by molar-refractivity contribution is 6.32. The normalized spacial score (nSPS) is 10.6. The monoisotopic (exact) mass is 369 g/mol. The number of aromatic nitrogens is 4. The molecule has 8 heteroatoms. The maximum Gasteiger partial charge on any atom is 0.343 e. The number of nitriles is 1. The molecular weight excluding hydrogens is 354 g/mol. The lowest BCUT2D eigenvalue weighted by Crippen LogP contribution is -2.11. The molecule has 7 nitrogen and oxygen atoms in total. The topological polar surface area (TPSA) is 85.7 Å². The Hall–Kier alpha value is -3.11. The van der Waals surface area contributed by atoms with Crippen LogP contribution in [-0.2, 0) is 18.4 Å². The molecule has 0 saturated heterocycles. The standard InChI is InChI=1S/C18H16ClN5O2/c1-11-14(9-20)15(24(22-11)13-7-5-4-6-8-13)10-26-18(25)16-12(2)21-23(3)17(16)19/h4-8H,10H2,1-3H3. The lowest BCUT2D eigenvalue weighted by Gasteiger charge is -2.09. The van der Waals surface area contributed by atoms with Gasteiger partial charge in [-0.2, -0.15) is 15.5 Å². The van der Waals surface area contributed by atoms with Crippen molar-refractivity contribution in [3.05, 3.63) is 63.7 Å². The van der Waals surface area contributed by atoms with Crippen LogP contribution in [0.4, 0.5) is 0 Å². The van der Waals surface area contributed by atoms with E-state index in [-0.39, 0.29) is 17.3 Å². The van der Waals surface area contributed by atoms with Gasteiger partial charge in [0.25, 0.3) is 0 Å². The predicted octanol–water partition coefficient (Wildman–Crippen LogP) is 3.10. The van der Waals surface area contributed by atoms with Gasteiger partial charge in [-0.3, -0.25) is 4.68 Å². The number of benzene rings is 1. The van der Waals surface area contributed by atoms with Crippen LogP contribution in [0.1, 0.15) is 33.0 Å². The molecule has 0 bridgehead atoms. The molecule has 2 heterocycles. The van der Waals surface area contributed by atoms with E-state index in [9.17, 15) is 10.1 Å². The van der Waals surface area contributed by atoms with E-state index < -0.39 is 5.97 Å². The summed E-state index contributed by atoms with van der Waals surface area (Å²) in [5, 5.41) is 18.2. The first kappa shape index (κ1) is 17.7. The Balaban J connectivity index is 1.93. The second kappa shape index (κ2) is 7.02. The molecule has 132 valence electrons. The molecule has 0 unspecified atom stereocenters. The summed E-state index contributed by atoms with van der Waals surface area (Å²) in [6.45, 7) is 3.31. The van der Waals surface area contributed by atoms with E-state index in [2.05, 4.69) is 16.3 Å². The van der Waals surface area contributed by atoms with Crippen molar-refractivity contribution in [1.29, 1.82) is 5.26 Å². The SMILES string of the molecule is Cc1nn(-c2ccccc2)c(COC(=O)c2c(C)nn(C)c2Cl)c1C#N. The van der Waals surface area contributed by atoms with Gasteiger partial charge in [0, 0.05) is 7.05 Å². The molecule has 0 aliphatic rings. The molecule has 1 aromatic carbocycles. The van der Waals surface area contributed by atoms with E-state index in [0.717, 1.165) is 5.69 Å². The molecule has 0 atom stereocenters. The van der Waals surface area contributed by atoms with Crippen molar-refractivity contribution < 1.29 is 9.53 Å². The highest BCUT2D eigenvalue weighted by Crippen LogP contribution is 2.22. The van der Waals surface area contributed by atoms with Gasteiger partial charge in [-0.1, -0.05) is 29.8 Å². The van der Waals surface area contributed by atoms with Crippen molar-refractivity contribution in [3.63, 3.8) is 0 Å². The van der Waals surface area contributed by atoms with Gasteiger partial charge >= 0.3 is 5.97 Å². The fraction of sp³-hybridized carbons (Fsp3) is 0.222. The summed E-state index contributed by atoms with van der Waals surface area (Å²) in [5.74, 6) is -0.594. The molecule has 0 N–H and O–H groups in total. The van der Waals surface area contributed by atoms with Crippen LogP contribution in [0.25, 0.3) is 5.69 Å². The molecule has 0 saturated carbocycles. The van der Waals surface area contributed by atoms with Crippen molar-refractivity contribution in [2.45, 2.75) is 20.5 Å². The molecule has 0 aliphatic heterocycles. The number of ether oxygens (including phenoxy) is 1. The zero-order valence-electron chi connectivity index (χ0n) is 14.5. The minimum Gasteiger partial charge on any atom is -0.455 e. The number of esters is 1. The van der Waals surface area contributed by atoms with Crippen LogP contribution in [0.15, 0.2) is 30.3 Å². The van der Waals surface area contributed by atoms with Gasteiger partial charge in [0.15, 0.2) is 0 Å². The smallest absolute Gasteiger partial charge is 0.343 e. The summed E-state index contributed by atoms with van der Waals surface area (Å²) in [5.41, 5.74) is 2.93. The Morgan fingerprint density at radius 2 is 1.92 bits per heavy atom. The first-order valence-corrected chi connectivity index (χ1v) is 8.22. The number of rotatable bonds is 4. The van der Waals surface area contributed by atoms with Crippen LogP contribution in [0.5, 0.6) is 0 Å². The number of hydrogen-bond donors (Lipinski definition) is 0. The van der Waals surface area contributed by atoms with E-state index in [4.69, 9.17) is 16.3 Å². The third-order valence-corrected chi connectivity index (χ3v) is 4.40. The molecule has 0 radical (unpaired) electrons. The van der Waals surface area contributed by atoms with Crippen molar-refractivity contribution in [1.82, 2.24) is 19.6 Å². The van der Waals surface area contributed by atoms with Gasteiger partial charge in [0.05, 0.1) is 22.8 Å². The Labute approximate surface area is 155 Å². The van der Waals surface area contributed by atoms with Crippen molar-refractivity contribution >= 4 is 17.6 Å². The summed E-state index contributed by atoms with van der Waals surface area (Å²) in [6, 6.07) is 11.5. The molecule has 3 rings (SSSR count). The number of halogens is 1. The summed E-state index contributed by atoms with van der Waals surface area (Å²) in [7, 11) is 1.65. The largest absolute Gasteiger partial charge is 0.455 e. The fourth-order valence-corrected chi connectivity index (χ4v) is 2.96. The second-order valence-electron chi connectivity index (χ2n) is 5.72. The summed E-state index contributed by atoms with van der Waals surface area (Å²) in [6.07, 6.45) is 0. The Morgan fingerprint density at radius 3 is 2.50 bits per heavy atom. The Bertz CT molecular complexity index is 1010. The molecule has 3 aromatic rings. The van der Waals surface area contributed by atoms with Gasteiger partial charge in [0.1, 0.15) is 29.0 Å².